The zero-order chi connectivity index (χ0) is 35.5. The van der Waals surface area contributed by atoms with E-state index in [2.05, 4.69) is 96.2 Å². The number of benzene rings is 4. The van der Waals surface area contributed by atoms with Crippen molar-refractivity contribution in [3.8, 4) is 0 Å². The van der Waals surface area contributed by atoms with Gasteiger partial charge in [0, 0.05) is 0 Å². The van der Waals surface area contributed by atoms with E-state index in [1.807, 2.05) is 12.2 Å². The number of hydrogen-bond donors (Lipinski definition) is 0. The number of allylic oxidation sites excluding steroid dienone is 4. The van der Waals surface area contributed by atoms with Crippen LogP contribution < -0.4 is 24.8 Å². The Morgan fingerprint density at radius 2 is 0.940 bits per heavy atom. The fourth-order valence-corrected chi connectivity index (χ4v) is 5.93. The van der Waals surface area contributed by atoms with Gasteiger partial charge in [0.1, 0.15) is 0 Å². The van der Waals surface area contributed by atoms with E-state index in [9.17, 15) is 26.3 Å². The van der Waals surface area contributed by atoms with Gasteiger partial charge >= 0.3 is 137 Å². The fraction of sp³-hybridized carbons (Fsp3) is 0.268. The average molecular weight is 807 g/mol. The molecule has 0 fully saturated rings. The number of hydrogen-bond acceptors (Lipinski definition) is 0. The molecule has 0 unspecified atom stereocenters. The molecule has 0 nitrogen and oxygen atoms in total. The van der Waals surface area contributed by atoms with E-state index < -0.39 is 23.5 Å². The summed E-state index contributed by atoms with van der Waals surface area (Å²) in [6.07, 6.45) is 1.18. The Bertz CT molecular complexity index is 1790. The molecule has 50 heavy (non-hydrogen) atoms. The average Bonchev–Trinajstić information content (AvgIpc) is 3.71. The van der Waals surface area contributed by atoms with Crippen LogP contribution in [-0.4, -0.2) is 3.21 Å². The number of halogens is 8. The van der Waals surface area contributed by atoms with Crippen LogP contribution in [0.5, 0.6) is 0 Å². The summed E-state index contributed by atoms with van der Waals surface area (Å²) in [7, 11) is 0. The van der Waals surface area contributed by atoms with Crippen LogP contribution in [0.25, 0.3) is 21.5 Å². The molecule has 0 radical (unpaired) electrons. The smallest absolute Gasteiger partial charge is 0.109 e. The third kappa shape index (κ3) is 11.3. The molecule has 0 atom stereocenters. The van der Waals surface area contributed by atoms with Crippen molar-refractivity contribution in [2.45, 2.75) is 71.1 Å². The fourth-order valence-electron chi connectivity index (χ4n) is 5.11. The van der Waals surface area contributed by atoms with Crippen LogP contribution in [0, 0.1) is 6.08 Å². The van der Waals surface area contributed by atoms with Crippen LogP contribution in [0.1, 0.15) is 81.3 Å². The van der Waals surface area contributed by atoms with Crippen molar-refractivity contribution in [3.05, 3.63) is 149 Å². The van der Waals surface area contributed by atoms with Crippen molar-refractivity contribution < 1.29 is 75.4 Å². The molecule has 1 aliphatic rings. The van der Waals surface area contributed by atoms with E-state index in [4.69, 9.17) is 0 Å². The monoisotopic (exact) mass is 804 g/mol. The summed E-state index contributed by atoms with van der Waals surface area (Å²) in [5.74, 6) is 0. The molecule has 0 amide bonds. The normalized spacial score (nSPS) is 12.8. The Balaban J connectivity index is 0.000000293. The van der Waals surface area contributed by atoms with Crippen LogP contribution in [0.15, 0.2) is 109 Å². The second kappa shape index (κ2) is 17.1. The van der Waals surface area contributed by atoms with E-state index in [0.29, 0.717) is 14.3 Å². The molecule has 6 rings (SSSR count). The Labute approximate surface area is 318 Å². The van der Waals surface area contributed by atoms with E-state index in [1.165, 1.54) is 56.9 Å². The second-order valence-electron chi connectivity index (χ2n) is 13.8. The molecular formula is C41H38Cl2F6Zr-2. The van der Waals surface area contributed by atoms with Gasteiger partial charge in [0.15, 0.2) is 0 Å². The molecule has 0 N–H and O–H groups in total. The van der Waals surface area contributed by atoms with Crippen molar-refractivity contribution in [1.29, 1.82) is 0 Å². The molecule has 1 aliphatic carbocycles. The quantitative estimate of drug-likeness (QED) is 0.142. The largest absolute Gasteiger partial charge is 1.00 e. The van der Waals surface area contributed by atoms with Crippen LogP contribution in [-0.2, 0) is 47.4 Å². The van der Waals surface area contributed by atoms with Gasteiger partial charge in [0.2, 0.25) is 0 Å². The molecule has 264 valence electrons. The van der Waals surface area contributed by atoms with Gasteiger partial charge in [-0.2, -0.15) is 6.08 Å². The maximum atomic E-state index is 12.5. The van der Waals surface area contributed by atoms with Crippen LogP contribution in [0.3, 0.4) is 0 Å². The van der Waals surface area contributed by atoms with E-state index >= 15 is 0 Å². The Morgan fingerprint density at radius 3 is 1.20 bits per heavy atom. The molecule has 0 bridgehead atoms. The van der Waals surface area contributed by atoms with E-state index in [1.54, 1.807) is 0 Å². The number of alkyl halides is 6. The van der Waals surface area contributed by atoms with Gasteiger partial charge in [-0.25, -0.2) is 12.2 Å². The summed E-state index contributed by atoms with van der Waals surface area (Å²) < 4.78 is 75.6. The first-order valence-corrected chi connectivity index (χ1v) is 16.8. The molecule has 0 saturated carbocycles. The van der Waals surface area contributed by atoms with Gasteiger partial charge < -0.3 is 24.8 Å². The summed E-state index contributed by atoms with van der Waals surface area (Å²) in [6, 6.07) is 25.3. The predicted octanol–water partition coefficient (Wildman–Crippen LogP) is 6.46. The summed E-state index contributed by atoms with van der Waals surface area (Å²) in [6.45, 7) is 13.6. The minimum atomic E-state index is -4.41. The molecule has 9 heteroatoms. The Kier molecular flexibility index (Phi) is 14.8. The summed E-state index contributed by atoms with van der Waals surface area (Å²) in [5, 5.41) is 5.48. The molecule has 0 aromatic heterocycles. The molecule has 0 aliphatic heterocycles. The van der Waals surface area contributed by atoms with Crippen molar-refractivity contribution in [1.82, 2.24) is 0 Å². The first-order chi connectivity index (χ1) is 22.2. The number of rotatable bonds is 2. The van der Waals surface area contributed by atoms with Gasteiger partial charge in [-0.15, -0.1) is 46.2 Å². The number of fused-ring (bicyclic) bond motifs is 3. The molecule has 0 spiro atoms. The van der Waals surface area contributed by atoms with Gasteiger partial charge in [0.05, 0.1) is 0 Å². The zero-order valence-electron chi connectivity index (χ0n) is 28.6. The SMILES string of the molecule is CC(C)(C)c1ccc2c(c1)[cH-]c1cc(C(C)(C)C)ccc12.FC(F)(F)c1ccc([C](=[Zr+2])c2ccc(C(F)(F)F)cc2)cc1.[C-]1=CC=CC1.[Cl-].[Cl-]. The van der Waals surface area contributed by atoms with E-state index in [-0.39, 0.29) is 35.6 Å². The molecule has 5 aromatic carbocycles. The molecule has 0 saturated heterocycles. The van der Waals surface area contributed by atoms with Crippen molar-refractivity contribution in [3.63, 3.8) is 0 Å². The topological polar surface area (TPSA) is 0 Å². The molecule has 0 heterocycles. The summed E-state index contributed by atoms with van der Waals surface area (Å²) in [5.41, 5.74) is 2.82. The van der Waals surface area contributed by atoms with Gasteiger partial charge in [0.25, 0.3) is 0 Å². The maximum Gasteiger partial charge on any atom is -0.109 e. The van der Waals surface area contributed by atoms with Gasteiger partial charge in [-0.05, 0) is 10.8 Å². The molecule has 5 aromatic rings. The Morgan fingerprint density at radius 1 is 0.580 bits per heavy atom. The van der Waals surface area contributed by atoms with Gasteiger partial charge in [-0.1, -0.05) is 76.9 Å². The Hall–Kier alpha value is -2.86. The minimum Gasteiger partial charge on any atom is -1.00 e. The van der Waals surface area contributed by atoms with Crippen molar-refractivity contribution in [2.75, 3.05) is 0 Å². The van der Waals surface area contributed by atoms with Gasteiger partial charge in [-0.3, -0.25) is 6.08 Å². The predicted molar refractivity (Wildman–Crippen MR) is 182 cm³/mol. The van der Waals surface area contributed by atoms with E-state index in [0.717, 1.165) is 54.9 Å². The summed E-state index contributed by atoms with van der Waals surface area (Å²) in [4.78, 5) is 0. The standard InChI is InChI=1S/C21H25.C15H8F6.C5H5.2ClH.Zr/c1-20(2,3)16-7-9-18-14(12-16)11-15-13-17(21(4,5)6)8-10-19(15)18;16-14(17,18)12-5-1-10(2-6-12)9-11-3-7-13(8-4-11)15(19,20)21;1-2-4-5-3-1;;;/h7-13H,1-6H3;1-8H;1-3H,4H2;2*1H;/q-1;;-1;;;+2/p-2. The van der Waals surface area contributed by atoms with Crippen LogP contribution >= 0.6 is 0 Å². The zero-order valence-corrected chi connectivity index (χ0v) is 32.6. The van der Waals surface area contributed by atoms with Crippen LogP contribution in [0.4, 0.5) is 26.3 Å². The van der Waals surface area contributed by atoms with Crippen LogP contribution in [0.2, 0.25) is 0 Å². The molecular weight excluding hydrogens is 769 g/mol. The summed E-state index contributed by atoms with van der Waals surface area (Å²) >= 11 is 0.898. The second-order valence-corrected chi connectivity index (χ2v) is 15.0. The maximum absolute atomic E-state index is 12.5. The first kappa shape index (κ1) is 43.3. The third-order valence-electron chi connectivity index (χ3n) is 8.02. The third-order valence-corrected chi connectivity index (χ3v) is 9.44. The van der Waals surface area contributed by atoms with Crippen molar-refractivity contribution in [2.24, 2.45) is 0 Å². The first-order valence-electron chi connectivity index (χ1n) is 15.5. The minimum absolute atomic E-state index is 0. The van der Waals surface area contributed by atoms with Crippen molar-refractivity contribution >= 4 is 24.8 Å².